The van der Waals surface area contributed by atoms with Crippen molar-refractivity contribution in [3.8, 4) is 5.75 Å². The van der Waals surface area contributed by atoms with Crippen molar-refractivity contribution >= 4 is 5.91 Å². The number of carbonyl (C=O) groups is 1. The minimum Gasteiger partial charge on any atom is -0.496 e. The zero-order valence-electron chi connectivity index (χ0n) is 20.3. The van der Waals surface area contributed by atoms with E-state index in [2.05, 4.69) is 19.2 Å². The van der Waals surface area contributed by atoms with Gasteiger partial charge in [-0.1, -0.05) is 32.0 Å². The lowest BCUT2D eigenvalue weighted by molar-refractivity contribution is -0.315. The highest BCUT2D eigenvalue weighted by molar-refractivity contribution is 5.76. The Morgan fingerprint density at radius 3 is 2.73 bits per heavy atom. The lowest BCUT2D eigenvalue weighted by Gasteiger charge is -2.62. The molecule has 1 aromatic rings. The van der Waals surface area contributed by atoms with E-state index in [0.717, 1.165) is 30.6 Å². The number of ether oxygens (including phenoxy) is 4. The fourth-order valence-electron chi connectivity index (χ4n) is 6.82. The number of amides is 1. The molecule has 1 aliphatic heterocycles. The van der Waals surface area contributed by atoms with Crippen LogP contribution in [0.5, 0.6) is 5.75 Å². The number of benzene rings is 1. The molecule has 1 amide bonds. The Balaban J connectivity index is 1.45. The van der Waals surface area contributed by atoms with E-state index in [1.165, 1.54) is 0 Å². The van der Waals surface area contributed by atoms with Crippen LogP contribution in [0.4, 0.5) is 0 Å². The molecule has 2 saturated carbocycles. The number of fused-ring (bicyclic) bond motifs is 3. The van der Waals surface area contributed by atoms with E-state index in [1.54, 1.807) is 14.2 Å². The molecule has 0 aromatic heterocycles. The zero-order valence-corrected chi connectivity index (χ0v) is 20.3. The van der Waals surface area contributed by atoms with Crippen LogP contribution in [0.25, 0.3) is 0 Å². The first-order valence-corrected chi connectivity index (χ1v) is 12.1. The molecule has 2 N–H and O–H groups in total. The van der Waals surface area contributed by atoms with Gasteiger partial charge in [0.25, 0.3) is 0 Å². The van der Waals surface area contributed by atoms with Crippen LogP contribution in [0.15, 0.2) is 24.3 Å². The standard InChI is InChI=1S/C26H39NO6/c1-25-12-11-22-26(2,16-32-24(33-22)15-30-3)21(25)10-9-19(28)18(25)13-23(29)27-14-17-7-5-6-8-20(17)31-4/h5-8,18-19,21-22,24,28H,9-16H2,1-4H3,(H,27,29)/t18-,19-,21+,22-,24-,25+,26+/m1/s1. The van der Waals surface area contributed by atoms with Crippen molar-refractivity contribution in [2.45, 2.75) is 71.0 Å². The van der Waals surface area contributed by atoms with Crippen LogP contribution in [0, 0.1) is 22.7 Å². The molecule has 33 heavy (non-hydrogen) atoms. The summed E-state index contributed by atoms with van der Waals surface area (Å²) in [6.07, 6.45) is 3.09. The first-order chi connectivity index (χ1) is 15.8. The van der Waals surface area contributed by atoms with Crippen molar-refractivity contribution in [1.82, 2.24) is 5.32 Å². The Morgan fingerprint density at radius 1 is 1.18 bits per heavy atom. The van der Waals surface area contributed by atoms with Crippen LogP contribution in [-0.2, 0) is 25.5 Å². The molecule has 3 aliphatic rings. The molecule has 0 unspecified atom stereocenters. The summed E-state index contributed by atoms with van der Waals surface area (Å²) in [5.41, 5.74) is 0.659. The average Bonchev–Trinajstić information content (AvgIpc) is 2.80. The summed E-state index contributed by atoms with van der Waals surface area (Å²) in [5, 5.41) is 14.0. The fraction of sp³-hybridized carbons (Fsp3) is 0.731. The van der Waals surface area contributed by atoms with Gasteiger partial charge in [-0.2, -0.15) is 0 Å². The number of methoxy groups -OCH3 is 2. The molecule has 1 aromatic carbocycles. The molecule has 7 heteroatoms. The Bertz CT molecular complexity index is 833. The monoisotopic (exact) mass is 461 g/mol. The SMILES string of the molecule is COC[C@@H]1OC[C@@]2(C)[C@H]3CC[C@@H](O)[C@@H](CC(=O)NCc4ccccc4OC)[C@]3(C)CC[C@H]2O1. The van der Waals surface area contributed by atoms with Crippen molar-refractivity contribution in [3.63, 3.8) is 0 Å². The number of hydrogen-bond donors (Lipinski definition) is 2. The normalized spacial score (nSPS) is 38.2. The minimum atomic E-state index is -0.477. The second-order valence-electron chi connectivity index (χ2n) is 10.5. The average molecular weight is 462 g/mol. The van der Waals surface area contributed by atoms with Crippen molar-refractivity contribution in [2.24, 2.45) is 22.7 Å². The molecule has 7 nitrogen and oxygen atoms in total. The summed E-state index contributed by atoms with van der Waals surface area (Å²) in [6, 6.07) is 7.69. The number of rotatable bonds is 7. The first-order valence-electron chi connectivity index (χ1n) is 12.1. The van der Waals surface area contributed by atoms with Gasteiger partial charge in [-0.25, -0.2) is 0 Å². The topological polar surface area (TPSA) is 86.2 Å². The third-order valence-corrected chi connectivity index (χ3v) is 8.61. The highest BCUT2D eigenvalue weighted by Gasteiger charge is 2.61. The van der Waals surface area contributed by atoms with Gasteiger partial charge < -0.3 is 29.4 Å². The second-order valence-corrected chi connectivity index (χ2v) is 10.5. The molecule has 7 atom stereocenters. The lowest BCUT2D eigenvalue weighted by Crippen LogP contribution is -2.63. The number of nitrogens with one attached hydrogen (secondary N) is 1. The van der Waals surface area contributed by atoms with E-state index < -0.39 is 6.10 Å². The number of hydrogen-bond acceptors (Lipinski definition) is 6. The molecule has 1 saturated heterocycles. The van der Waals surface area contributed by atoms with E-state index in [-0.39, 0.29) is 35.0 Å². The predicted molar refractivity (Wildman–Crippen MR) is 124 cm³/mol. The molecule has 3 fully saturated rings. The van der Waals surface area contributed by atoms with E-state index >= 15 is 0 Å². The van der Waals surface area contributed by atoms with Crippen LogP contribution in [0.1, 0.15) is 51.5 Å². The number of carbonyl (C=O) groups excluding carboxylic acids is 1. The summed E-state index contributed by atoms with van der Waals surface area (Å²) >= 11 is 0. The molecule has 0 bridgehead atoms. The number of para-hydroxylation sites is 1. The van der Waals surface area contributed by atoms with Gasteiger partial charge in [-0.15, -0.1) is 0 Å². The quantitative estimate of drug-likeness (QED) is 0.648. The highest BCUT2D eigenvalue weighted by atomic mass is 16.7. The summed E-state index contributed by atoms with van der Waals surface area (Å²) in [4.78, 5) is 13.0. The smallest absolute Gasteiger partial charge is 0.220 e. The van der Waals surface area contributed by atoms with Crippen molar-refractivity contribution in [2.75, 3.05) is 27.4 Å². The van der Waals surface area contributed by atoms with Gasteiger partial charge in [0.15, 0.2) is 6.29 Å². The maximum atomic E-state index is 13.0. The molecule has 1 heterocycles. The molecule has 4 rings (SSSR count). The van der Waals surface area contributed by atoms with E-state index in [1.807, 2.05) is 24.3 Å². The maximum absolute atomic E-state index is 13.0. The van der Waals surface area contributed by atoms with Gasteiger partial charge in [0.1, 0.15) is 5.75 Å². The van der Waals surface area contributed by atoms with Crippen LogP contribution < -0.4 is 10.1 Å². The molecule has 0 spiro atoms. The third-order valence-electron chi connectivity index (χ3n) is 8.61. The number of aliphatic hydroxyl groups is 1. The molecule has 0 radical (unpaired) electrons. The Kier molecular flexibility index (Phi) is 7.34. The lowest BCUT2D eigenvalue weighted by atomic mass is 9.46. The number of aliphatic hydroxyl groups excluding tert-OH is 1. The van der Waals surface area contributed by atoms with Crippen molar-refractivity contribution < 1.29 is 28.8 Å². The van der Waals surface area contributed by atoms with Gasteiger partial charge in [-0.3, -0.25) is 4.79 Å². The molecule has 2 aliphatic carbocycles. The van der Waals surface area contributed by atoms with Gasteiger partial charge in [0.05, 0.1) is 32.5 Å². The fourth-order valence-corrected chi connectivity index (χ4v) is 6.82. The van der Waals surface area contributed by atoms with Crippen LogP contribution in [0.2, 0.25) is 0 Å². The van der Waals surface area contributed by atoms with E-state index in [4.69, 9.17) is 18.9 Å². The van der Waals surface area contributed by atoms with Gasteiger partial charge in [-0.05, 0) is 49.0 Å². The van der Waals surface area contributed by atoms with Crippen LogP contribution in [0.3, 0.4) is 0 Å². The Labute approximate surface area is 197 Å². The van der Waals surface area contributed by atoms with Crippen molar-refractivity contribution in [1.29, 1.82) is 0 Å². The predicted octanol–water partition coefficient (Wildman–Crippen LogP) is 3.28. The summed E-state index contributed by atoms with van der Waals surface area (Å²) in [5.74, 6) is 0.958. The first kappa shape index (κ1) is 24.5. The van der Waals surface area contributed by atoms with Gasteiger partial charge in [0.2, 0.25) is 5.91 Å². The zero-order chi connectivity index (χ0) is 23.6. The Morgan fingerprint density at radius 2 is 1.97 bits per heavy atom. The minimum absolute atomic E-state index is 0.0320. The summed E-state index contributed by atoms with van der Waals surface area (Å²) in [7, 11) is 3.29. The Hall–Kier alpha value is -1.67. The van der Waals surface area contributed by atoms with Crippen LogP contribution in [-0.4, -0.2) is 56.9 Å². The maximum Gasteiger partial charge on any atom is 0.220 e. The second kappa shape index (κ2) is 9.90. The highest BCUT2D eigenvalue weighted by Crippen LogP contribution is 2.62. The van der Waals surface area contributed by atoms with Gasteiger partial charge >= 0.3 is 0 Å². The van der Waals surface area contributed by atoms with Crippen LogP contribution >= 0.6 is 0 Å². The third kappa shape index (κ3) is 4.65. The van der Waals surface area contributed by atoms with E-state index in [9.17, 15) is 9.90 Å². The molecule has 184 valence electrons. The summed E-state index contributed by atoms with van der Waals surface area (Å²) < 4.78 is 22.9. The molecular formula is C26H39NO6. The largest absolute Gasteiger partial charge is 0.496 e. The van der Waals surface area contributed by atoms with E-state index in [0.29, 0.717) is 38.5 Å². The summed E-state index contributed by atoms with van der Waals surface area (Å²) in [6.45, 7) is 5.99. The molecular weight excluding hydrogens is 422 g/mol. The van der Waals surface area contributed by atoms with Crippen molar-refractivity contribution in [3.05, 3.63) is 29.8 Å². The van der Waals surface area contributed by atoms with Gasteiger partial charge in [0, 0.05) is 31.1 Å².